The lowest BCUT2D eigenvalue weighted by atomic mass is 10.1. The van der Waals surface area contributed by atoms with Crippen molar-refractivity contribution in [3.8, 4) is 0 Å². The molecule has 1 aromatic rings. The van der Waals surface area contributed by atoms with E-state index >= 15 is 0 Å². The number of carbonyl (C=O) groups is 1. The van der Waals surface area contributed by atoms with Gasteiger partial charge in [-0.3, -0.25) is 24.6 Å². The highest BCUT2D eigenvalue weighted by molar-refractivity contribution is 8.13. The minimum Gasteiger partial charge on any atom is -0.389 e. The topological polar surface area (TPSA) is 123 Å². The van der Waals surface area contributed by atoms with E-state index in [-0.39, 0.29) is 16.4 Å². The summed E-state index contributed by atoms with van der Waals surface area (Å²) >= 11 is 0.825. The molecule has 2 atom stereocenters. The zero-order chi connectivity index (χ0) is 13.0. The molecule has 0 saturated carbocycles. The molecule has 0 radical (unpaired) electrons. The Balaban J connectivity index is 2.84. The maximum atomic E-state index is 11.3. The molecule has 1 heterocycles. The van der Waals surface area contributed by atoms with Crippen molar-refractivity contribution >= 4 is 16.9 Å². The van der Waals surface area contributed by atoms with Gasteiger partial charge in [0.15, 0.2) is 5.12 Å². The van der Waals surface area contributed by atoms with E-state index < -0.39 is 23.3 Å². The SMILES string of the molecule is CC(=O)SCC(O)C(O)c1cc(=O)[nH][nH]c1=O. The number of hydrogen-bond acceptors (Lipinski definition) is 6. The summed E-state index contributed by atoms with van der Waals surface area (Å²) in [5.74, 6) is -0.0528. The molecule has 0 spiro atoms. The van der Waals surface area contributed by atoms with Crippen molar-refractivity contribution in [1.29, 1.82) is 0 Å². The molecular weight excluding hydrogens is 248 g/mol. The van der Waals surface area contributed by atoms with Crippen LogP contribution in [0.25, 0.3) is 0 Å². The number of aliphatic hydroxyl groups is 2. The van der Waals surface area contributed by atoms with Crippen molar-refractivity contribution in [2.75, 3.05) is 5.75 Å². The molecule has 0 aliphatic heterocycles. The molecule has 94 valence electrons. The third-order valence-corrected chi connectivity index (χ3v) is 2.90. The molecule has 8 heteroatoms. The predicted molar refractivity (Wildman–Crippen MR) is 61.8 cm³/mol. The van der Waals surface area contributed by atoms with E-state index in [1.807, 2.05) is 10.2 Å². The van der Waals surface area contributed by atoms with Gasteiger partial charge in [-0.1, -0.05) is 11.8 Å². The van der Waals surface area contributed by atoms with Gasteiger partial charge in [0.1, 0.15) is 6.10 Å². The summed E-state index contributed by atoms with van der Waals surface area (Å²) in [5, 5.41) is 23.1. The van der Waals surface area contributed by atoms with Crippen LogP contribution in [-0.4, -0.2) is 37.4 Å². The third kappa shape index (κ3) is 3.84. The van der Waals surface area contributed by atoms with Crippen LogP contribution in [0.2, 0.25) is 0 Å². The van der Waals surface area contributed by atoms with Crippen LogP contribution in [-0.2, 0) is 4.79 Å². The van der Waals surface area contributed by atoms with Crippen LogP contribution >= 0.6 is 11.8 Å². The maximum Gasteiger partial charge on any atom is 0.268 e. The first-order valence-corrected chi connectivity index (χ1v) is 5.71. The van der Waals surface area contributed by atoms with Crippen LogP contribution in [0.5, 0.6) is 0 Å². The van der Waals surface area contributed by atoms with Crippen molar-refractivity contribution in [2.24, 2.45) is 0 Å². The molecule has 0 aliphatic carbocycles. The van der Waals surface area contributed by atoms with E-state index in [1.165, 1.54) is 6.92 Å². The lowest BCUT2D eigenvalue weighted by molar-refractivity contribution is -0.109. The minimum atomic E-state index is -1.51. The number of nitrogens with one attached hydrogen (secondary N) is 2. The smallest absolute Gasteiger partial charge is 0.268 e. The molecule has 0 bridgehead atoms. The largest absolute Gasteiger partial charge is 0.389 e. The first-order chi connectivity index (χ1) is 7.91. The van der Waals surface area contributed by atoms with Crippen LogP contribution in [0.1, 0.15) is 18.6 Å². The number of aliphatic hydroxyl groups excluding tert-OH is 2. The maximum absolute atomic E-state index is 11.3. The fourth-order valence-electron chi connectivity index (χ4n) is 1.15. The molecule has 0 fully saturated rings. The lowest BCUT2D eigenvalue weighted by Gasteiger charge is -2.15. The first kappa shape index (κ1) is 13.7. The highest BCUT2D eigenvalue weighted by Crippen LogP contribution is 2.16. The Morgan fingerprint density at radius 3 is 2.65 bits per heavy atom. The molecule has 0 saturated heterocycles. The Kier molecular flexibility index (Phi) is 4.67. The van der Waals surface area contributed by atoms with Gasteiger partial charge in [0.2, 0.25) is 0 Å². The highest BCUT2D eigenvalue weighted by atomic mass is 32.2. The summed E-state index contributed by atoms with van der Waals surface area (Å²) < 4.78 is 0. The predicted octanol–water partition coefficient (Wildman–Crippen LogP) is -1.26. The molecule has 1 aromatic heterocycles. The zero-order valence-electron chi connectivity index (χ0n) is 8.97. The van der Waals surface area contributed by atoms with Gasteiger partial charge in [-0.2, -0.15) is 0 Å². The van der Waals surface area contributed by atoms with E-state index in [9.17, 15) is 24.6 Å². The zero-order valence-corrected chi connectivity index (χ0v) is 9.78. The number of rotatable bonds is 4. The number of aromatic nitrogens is 2. The number of aromatic amines is 2. The van der Waals surface area contributed by atoms with Gasteiger partial charge < -0.3 is 10.2 Å². The van der Waals surface area contributed by atoms with Crippen molar-refractivity contribution < 1.29 is 15.0 Å². The Labute approximate surface area is 99.9 Å². The van der Waals surface area contributed by atoms with Gasteiger partial charge in [-0.05, 0) is 0 Å². The average Bonchev–Trinajstić information content (AvgIpc) is 2.28. The highest BCUT2D eigenvalue weighted by Gasteiger charge is 2.22. The van der Waals surface area contributed by atoms with Gasteiger partial charge in [0.05, 0.1) is 11.7 Å². The molecule has 2 unspecified atom stereocenters. The Morgan fingerprint density at radius 1 is 1.41 bits per heavy atom. The molecule has 0 amide bonds. The van der Waals surface area contributed by atoms with Gasteiger partial charge >= 0.3 is 0 Å². The van der Waals surface area contributed by atoms with Crippen LogP contribution in [0.4, 0.5) is 0 Å². The quantitative estimate of drug-likeness (QED) is 0.535. The Morgan fingerprint density at radius 2 is 2.06 bits per heavy atom. The van der Waals surface area contributed by atoms with E-state index in [0.29, 0.717) is 0 Å². The molecule has 0 aromatic carbocycles. The fourth-order valence-corrected chi connectivity index (χ4v) is 1.74. The summed E-state index contributed by atoms with van der Waals surface area (Å²) in [5.41, 5.74) is -1.51. The average molecular weight is 260 g/mol. The van der Waals surface area contributed by atoms with Crippen molar-refractivity contribution in [3.63, 3.8) is 0 Å². The number of carbonyl (C=O) groups excluding carboxylic acids is 1. The molecule has 4 N–H and O–H groups in total. The Bertz CT molecular complexity index is 509. The van der Waals surface area contributed by atoms with E-state index in [4.69, 9.17) is 0 Å². The minimum absolute atomic E-state index is 0.0528. The van der Waals surface area contributed by atoms with Gasteiger partial charge in [-0.15, -0.1) is 0 Å². The van der Waals surface area contributed by atoms with Gasteiger partial charge in [0, 0.05) is 18.7 Å². The molecule has 17 heavy (non-hydrogen) atoms. The normalized spacial score (nSPS) is 14.3. The summed E-state index contributed by atoms with van der Waals surface area (Å²) in [6.45, 7) is 1.32. The summed E-state index contributed by atoms with van der Waals surface area (Å²) in [4.78, 5) is 32.9. The Hall–Kier alpha value is -1.38. The van der Waals surface area contributed by atoms with Crippen LogP contribution in [0, 0.1) is 0 Å². The second-order valence-corrected chi connectivity index (χ2v) is 4.55. The third-order valence-electron chi connectivity index (χ3n) is 1.99. The summed E-state index contributed by atoms with van der Waals surface area (Å²) in [6.07, 6.45) is -2.81. The molecule has 1 rings (SSSR count). The number of H-pyrrole nitrogens is 2. The van der Waals surface area contributed by atoms with Crippen LogP contribution < -0.4 is 11.1 Å². The number of thioether (sulfide) groups is 1. The summed E-state index contributed by atoms with van der Waals surface area (Å²) in [6, 6.07) is 0.908. The van der Waals surface area contributed by atoms with Crippen molar-refractivity contribution in [3.05, 3.63) is 32.3 Å². The van der Waals surface area contributed by atoms with Gasteiger partial charge in [-0.25, -0.2) is 0 Å². The standard InChI is InChI=1S/C9H12N2O5S/c1-4(12)17-3-6(13)8(15)5-2-7(14)10-11-9(5)16/h2,6,8,13,15H,3H2,1H3,(H,10,14)(H,11,16). The van der Waals surface area contributed by atoms with Gasteiger partial charge in [0.25, 0.3) is 11.1 Å². The fraction of sp³-hybridized carbons (Fsp3) is 0.444. The van der Waals surface area contributed by atoms with Crippen LogP contribution in [0.15, 0.2) is 15.7 Å². The van der Waals surface area contributed by atoms with E-state index in [2.05, 4.69) is 0 Å². The van der Waals surface area contributed by atoms with E-state index in [0.717, 1.165) is 17.8 Å². The van der Waals surface area contributed by atoms with E-state index in [1.54, 1.807) is 0 Å². The molecule has 0 aliphatic rings. The van der Waals surface area contributed by atoms with Crippen molar-refractivity contribution in [1.82, 2.24) is 10.2 Å². The first-order valence-electron chi connectivity index (χ1n) is 4.73. The molecular formula is C9H12N2O5S. The molecule has 7 nitrogen and oxygen atoms in total. The van der Waals surface area contributed by atoms with Crippen LogP contribution in [0.3, 0.4) is 0 Å². The second-order valence-electron chi connectivity index (χ2n) is 3.36. The monoisotopic (exact) mass is 260 g/mol. The lowest BCUT2D eigenvalue weighted by Crippen LogP contribution is -2.30. The summed E-state index contributed by atoms with van der Waals surface area (Å²) in [7, 11) is 0. The van der Waals surface area contributed by atoms with Crippen molar-refractivity contribution in [2.45, 2.75) is 19.1 Å². The number of hydrogen-bond donors (Lipinski definition) is 4. The second kappa shape index (κ2) is 5.80.